The number of ether oxygens (including phenoxy) is 1. The van der Waals surface area contributed by atoms with Gasteiger partial charge < -0.3 is 10.1 Å². The highest BCUT2D eigenvalue weighted by molar-refractivity contribution is 5.75. The number of esters is 1. The topological polar surface area (TPSA) is 38.3 Å². The Morgan fingerprint density at radius 3 is 2.64 bits per heavy atom. The van der Waals surface area contributed by atoms with Gasteiger partial charge in [-0.15, -0.1) is 12.3 Å². The smallest absolute Gasteiger partial charge is 0.323 e. The summed E-state index contributed by atoms with van der Waals surface area (Å²) in [5, 5.41) is 3.13. The van der Waals surface area contributed by atoms with Crippen molar-refractivity contribution in [2.75, 3.05) is 13.7 Å². The van der Waals surface area contributed by atoms with Crippen molar-refractivity contribution in [2.24, 2.45) is 5.92 Å². The van der Waals surface area contributed by atoms with Crippen molar-refractivity contribution >= 4 is 5.97 Å². The fourth-order valence-electron chi connectivity index (χ4n) is 1.17. The summed E-state index contributed by atoms with van der Waals surface area (Å²) in [6.07, 6.45) is 6.74. The summed E-state index contributed by atoms with van der Waals surface area (Å²) in [6.45, 7) is 4.72. The van der Waals surface area contributed by atoms with Gasteiger partial charge in [0, 0.05) is 6.42 Å². The number of nitrogens with one attached hydrogen (secondary N) is 1. The number of hydrogen-bond donors (Lipinski definition) is 1. The fourth-order valence-corrected chi connectivity index (χ4v) is 1.17. The van der Waals surface area contributed by atoms with Crippen molar-refractivity contribution in [3.63, 3.8) is 0 Å². The molecule has 0 bridgehead atoms. The van der Waals surface area contributed by atoms with Gasteiger partial charge in [0.15, 0.2) is 0 Å². The maximum atomic E-state index is 11.3. The second-order valence-corrected chi connectivity index (χ2v) is 3.51. The normalized spacial score (nSPS) is 12.2. The first-order chi connectivity index (χ1) is 6.63. The zero-order valence-electron chi connectivity index (χ0n) is 9.17. The standard InChI is InChI=1S/C11H19NO2/c1-5-6-7-8-12-10(9(2)3)11(13)14-4/h1,9-10,12H,6-8H2,2-4H3. The van der Waals surface area contributed by atoms with Crippen molar-refractivity contribution in [3.05, 3.63) is 0 Å². The Balaban J connectivity index is 3.87. The van der Waals surface area contributed by atoms with Crippen LogP contribution in [0.1, 0.15) is 26.7 Å². The molecule has 0 rings (SSSR count). The van der Waals surface area contributed by atoms with Gasteiger partial charge in [0.25, 0.3) is 0 Å². The van der Waals surface area contributed by atoms with Gasteiger partial charge in [-0.2, -0.15) is 0 Å². The van der Waals surface area contributed by atoms with Gasteiger partial charge in [-0.05, 0) is 18.9 Å². The van der Waals surface area contributed by atoms with Crippen LogP contribution in [0.25, 0.3) is 0 Å². The molecule has 1 atom stereocenters. The Morgan fingerprint density at radius 1 is 1.57 bits per heavy atom. The lowest BCUT2D eigenvalue weighted by Crippen LogP contribution is -2.42. The molecule has 0 aromatic carbocycles. The molecule has 0 aliphatic carbocycles. The van der Waals surface area contributed by atoms with Crippen molar-refractivity contribution in [2.45, 2.75) is 32.7 Å². The SMILES string of the molecule is C#CCCCNC(C(=O)OC)C(C)C. The molecular weight excluding hydrogens is 178 g/mol. The van der Waals surface area contributed by atoms with E-state index in [0.29, 0.717) is 0 Å². The predicted molar refractivity (Wildman–Crippen MR) is 56.7 cm³/mol. The van der Waals surface area contributed by atoms with Crippen molar-refractivity contribution in [1.82, 2.24) is 5.32 Å². The number of unbranched alkanes of at least 4 members (excludes halogenated alkanes) is 1. The van der Waals surface area contributed by atoms with Crippen LogP contribution in [0.3, 0.4) is 0 Å². The first-order valence-corrected chi connectivity index (χ1v) is 4.88. The Bertz CT molecular complexity index is 206. The van der Waals surface area contributed by atoms with Crippen LogP contribution in [-0.4, -0.2) is 25.7 Å². The quantitative estimate of drug-likeness (QED) is 0.395. The van der Waals surface area contributed by atoms with Gasteiger partial charge >= 0.3 is 5.97 Å². The summed E-state index contributed by atoms with van der Waals surface area (Å²) < 4.78 is 4.69. The van der Waals surface area contributed by atoms with Crippen LogP contribution in [-0.2, 0) is 9.53 Å². The third-order valence-corrected chi connectivity index (χ3v) is 1.98. The Morgan fingerprint density at radius 2 is 2.21 bits per heavy atom. The number of carbonyl (C=O) groups excluding carboxylic acids is 1. The van der Waals surface area contributed by atoms with Crippen LogP contribution < -0.4 is 5.32 Å². The van der Waals surface area contributed by atoms with Crippen molar-refractivity contribution in [3.8, 4) is 12.3 Å². The van der Waals surface area contributed by atoms with E-state index >= 15 is 0 Å². The van der Waals surface area contributed by atoms with Crippen molar-refractivity contribution in [1.29, 1.82) is 0 Å². The third-order valence-electron chi connectivity index (χ3n) is 1.98. The van der Waals surface area contributed by atoms with E-state index in [1.165, 1.54) is 7.11 Å². The average molecular weight is 197 g/mol. The summed E-state index contributed by atoms with van der Waals surface area (Å²) in [5.74, 6) is 2.58. The van der Waals surface area contributed by atoms with Gasteiger partial charge in [-0.25, -0.2) is 0 Å². The van der Waals surface area contributed by atoms with Gasteiger partial charge in [0.05, 0.1) is 7.11 Å². The lowest BCUT2D eigenvalue weighted by molar-refractivity contribution is -0.144. The molecule has 80 valence electrons. The van der Waals surface area contributed by atoms with Crippen molar-refractivity contribution < 1.29 is 9.53 Å². The molecule has 0 aliphatic rings. The highest BCUT2D eigenvalue weighted by Crippen LogP contribution is 2.03. The molecule has 0 aliphatic heterocycles. The number of terminal acetylenes is 1. The molecule has 0 aromatic rings. The maximum absolute atomic E-state index is 11.3. The Hall–Kier alpha value is -1.01. The van der Waals surface area contributed by atoms with E-state index in [4.69, 9.17) is 6.42 Å². The zero-order valence-corrected chi connectivity index (χ0v) is 9.17. The minimum Gasteiger partial charge on any atom is -0.468 e. The summed E-state index contributed by atoms with van der Waals surface area (Å²) in [6, 6.07) is -0.224. The third kappa shape index (κ3) is 4.88. The predicted octanol–water partition coefficient (Wildman–Crippen LogP) is 1.19. The zero-order chi connectivity index (χ0) is 11.0. The molecule has 0 aromatic heterocycles. The average Bonchev–Trinajstić information content (AvgIpc) is 2.16. The molecule has 3 heteroatoms. The molecular formula is C11H19NO2. The Labute approximate surface area is 86.2 Å². The molecule has 1 unspecified atom stereocenters. The number of methoxy groups -OCH3 is 1. The first-order valence-electron chi connectivity index (χ1n) is 4.88. The highest BCUT2D eigenvalue weighted by atomic mass is 16.5. The van der Waals surface area contributed by atoms with Crippen LogP contribution >= 0.6 is 0 Å². The van der Waals surface area contributed by atoms with E-state index in [9.17, 15) is 4.79 Å². The van der Waals surface area contributed by atoms with Gasteiger partial charge in [0.1, 0.15) is 6.04 Å². The van der Waals surface area contributed by atoms with Crippen LogP contribution in [0.5, 0.6) is 0 Å². The molecule has 0 amide bonds. The van der Waals surface area contributed by atoms with Gasteiger partial charge in [0.2, 0.25) is 0 Å². The lowest BCUT2D eigenvalue weighted by Gasteiger charge is -2.19. The molecule has 0 saturated heterocycles. The van der Waals surface area contributed by atoms with Gasteiger partial charge in [-0.3, -0.25) is 4.79 Å². The molecule has 3 nitrogen and oxygen atoms in total. The van der Waals surface area contributed by atoms with Crippen LogP contribution in [0.4, 0.5) is 0 Å². The van der Waals surface area contributed by atoms with Crippen LogP contribution in [0.15, 0.2) is 0 Å². The number of rotatable bonds is 6. The summed E-state index contributed by atoms with van der Waals surface area (Å²) in [5.41, 5.74) is 0. The Kier molecular flexibility index (Phi) is 6.87. The lowest BCUT2D eigenvalue weighted by atomic mass is 10.0. The van der Waals surface area contributed by atoms with Gasteiger partial charge in [-0.1, -0.05) is 13.8 Å². The number of carbonyl (C=O) groups is 1. The van der Waals surface area contributed by atoms with E-state index in [-0.39, 0.29) is 17.9 Å². The van der Waals surface area contributed by atoms with E-state index < -0.39 is 0 Å². The van der Waals surface area contributed by atoms with E-state index in [0.717, 1.165) is 19.4 Å². The first kappa shape index (κ1) is 13.0. The minimum absolute atomic E-state index is 0.208. The molecule has 0 radical (unpaired) electrons. The van der Waals surface area contributed by atoms with Crippen LogP contribution in [0.2, 0.25) is 0 Å². The largest absolute Gasteiger partial charge is 0.468 e. The summed E-state index contributed by atoms with van der Waals surface area (Å²) >= 11 is 0. The highest BCUT2D eigenvalue weighted by Gasteiger charge is 2.21. The fraction of sp³-hybridized carbons (Fsp3) is 0.727. The molecule has 0 heterocycles. The second kappa shape index (κ2) is 7.40. The maximum Gasteiger partial charge on any atom is 0.323 e. The molecule has 14 heavy (non-hydrogen) atoms. The molecule has 0 spiro atoms. The number of hydrogen-bond acceptors (Lipinski definition) is 3. The monoisotopic (exact) mass is 197 g/mol. The molecule has 0 fully saturated rings. The summed E-state index contributed by atoms with van der Waals surface area (Å²) in [4.78, 5) is 11.3. The summed E-state index contributed by atoms with van der Waals surface area (Å²) in [7, 11) is 1.40. The minimum atomic E-state index is -0.224. The van der Waals surface area contributed by atoms with E-state index in [1.807, 2.05) is 13.8 Å². The second-order valence-electron chi connectivity index (χ2n) is 3.51. The molecule has 0 saturated carbocycles. The molecule has 1 N–H and O–H groups in total. The van der Waals surface area contributed by atoms with E-state index in [1.54, 1.807) is 0 Å². The van der Waals surface area contributed by atoms with Crippen LogP contribution in [0, 0.1) is 18.3 Å². The van der Waals surface area contributed by atoms with E-state index in [2.05, 4.69) is 16.0 Å².